The first kappa shape index (κ1) is 42.5. The van der Waals surface area contributed by atoms with E-state index in [1.165, 1.54) is 28.3 Å². The van der Waals surface area contributed by atoms with Gasteiger partial charge in [0.25, 0.3) is 0 Å². The lowest BCUT2D eigenvalue weighted by Crippen LogP contribution is -2.62. The van der Waals surface area contributed by atoms with Gasteiger partial charge in [-0.3, -0.25) is 9.59 Å². The summed E-state index contributed by atoms with van der Waals surface area (Å²) in [4.78, 5) is 23.8. The summed E-state index contributed by atoms with van der Waals surface area (Å²) in [6.45, 7) is 9.90. The fourth-order valence-corrected chi connectivity index (χ4v) is 7.81. The number of esters is 2. The summed E-state index contributed by atoms with van der Waals surface area (Å²) in [6.07, 6.45) is -15.1. The smallest absolute Gasteiger partial charge is 0.308 e. The number of hydrogen-bond acceptors (Lipinski definition) is 18. The second-order valence-corrected chi connectivity index (χ2v) is 14.5. The summed E-state index contributed by atoms with van der Waals surface area (Å²) in [5.41, 5.74) is 0. The molecule has 5 aliphatic heterocycles. The molecule has 5 fully saturated rings. The molecule has 5 saturated heterocycles. The van der Waals surface area contributed by atoms with Gasteiger partial charge in [0.15, 0.2) is 31.3 Å². The van der Waals surface area contributed by atoms with E-state index in [9.17, 15) is 24.9 Å². The zero-order valence-electron chi connectivity index (χ0n) is 31.8. The van der Waals surface area contributed by atoms with Gasteiger partial charge < -0.3 is 76.9 Å². The maximum Gasteiger partial charge on any atom is 0.308 e. The SMILES string of the molecule is CO[C@H]1[C@@H](O)[C@@H](C)O[C@@H](O[C@H]2[C@@H](OC)C[C@H](O[C@H]3[C@H](O)C[C@H](O[C@H]4[C@@H](O)C[C@H](O[C@H]5[C@H](C)OC(=O)C[C@@H]5OC)O[C@@H]4C)O[C@@H]3C)O[C@@H]2C)[C@@H]1OC(C)=O. The molecule has 0 aromatic carbocycles. The molecule has 5 heterocycles. The predicted octanol–water partition coefficient (Wildman–Crippen LogP) is 0.0715. The van der Waals surface area contributed by atoms with Gasteiger partial charge in [-0.25, -0.2) is 0 Å². The van der Waals surface area contributed by atoms with Gasteiger partial charge in [0.1, 0.15) is 42.7 Å². The van der Waals surface area contributed by atoms with Gasteiger partial charge in [-0.1, -0.05) is 0 Å². The van der Waals surface area contributed by atoms with Crippen LogP contribution in [-0.2, 0) is 71.2 Å². The van der Waals surface area contributed by atoms with Crippen LogP contribution < -0.4 is 0 Å². The molecule has 0 saturated carbocycles. The standard InChI is InChI=1S/C35H58O18/c1-14-28(40)33(43-9)34(49-19(6)36)35(48-14)53-32-18(5)47-27(13-23(32)42-8)51-30-16(3)45-25(10-20(30)37)50-29-15(2)46-26(11-21(29)38)52-31-17(4)44-24(39)12-22(31)41-7/h14-18,20-23,25-35,37-38,40H,10-13H2,1-9H3/t14-,15-,16-,17+,18-,20-,21+,22+,23+,25+,26+,27+,28+,29-,30-,31+,32-,33+,34-,35+/m1/s1. The second-order valence-electron chi connectivity index (χ2n) is 14.5. The third kappa shape index (κ3) is 10.0. The van der Waals surface area contributed by atoms with E-state index in [0.29, 0.717) is 0 Å². The van der Waals surface area contributed by atoms with Crippen LogP contribution in [0.25, 0.3) is 0 Å². The molecule has 5 rings (SSSR count). The lowest BCUT2D eigenvalue weighted by molar-refractivity contribution is -0.355. The van der Waals surface area contributed by atoms with Crippen molar-refractivity contribution in [1.29, 1.82) is 0 Å². The van der Waals surface area contributed by atoms with E-state index in [1.54, 1.807) is 34.6 Å². The first-order chi connectivity index (χ1) is 25.1. The Morgan fingerprint density at radius 1 is 0.585 bits per heavy atom. The van der Waals surface area contributed by atoms with E-state index in [0.717, 1.165) is 0 Å². The fourth-order valence-electron chi connectivity index (χ4n) is 7.81. The first-order valence-corrected chi connectivity index (χ1v) is 18.4. The lowest BCUT2D eigenvalue weighted by Gasteiger charge is -2.47. The largest absolute Gasteiger partial charge is 0.460 e. The van der Waals surface area contributed by atoms with Crippen LogP contribution in [0.15, 0.2) is 0 Å². The Morgan fingerprint density at radius 3 is 1.57 bits per heavy atom. The summed E-state index contributed by atoms with van der Waals surface area (Å²) >= 11 is 0. The molecule has 0 bridgehead atoms. The molecule has 20 atom stereocenters. The van der Waals surface area contributed by atoms with Crippen LogP contribution in [0, 0.1) is 0 Å². The van der Waals surface area contributed by atoms with Crippen molar-refractivity contribution in [3.05, 3.63) is 0 Å². The minimum atomic E-state index is -1.08. The molecule has 0 radical (unpaired) electrons. The number of methoxy groups -OCH3 is 3. The van der Waals surface area contributed by atoms with Crippen LogP contribution in [0.2, 0.25) is 0 Å². The van der Waals surface area contributed by atoms with Gasteiger partial charge in [-0.05, 0) is 34.6 Å². The predicted molar refractivity (Wildman–Crippen MR) is 177 cm³/mol. The third-order valence-electron chi connectivity index (χ3n) is 10.6. The topological polar surface area (TPSA) is 215 Å². The molecule has 53 heavy (non-hydrogen) atoms. The highest BCUT2D eigenvalue weighted by molar-refractivity contribution is 5.71. The maximum atomic E-state index is 11.9. The quantitative estimate of drug-likeness (QED) is 0.224. The van der Waals surface area contributed by atoms with E-state index >= 15 is 0 Å². The molecule has 0 spiro atoms. The van der Waals surface area contributed by atoms with Gasteiger partial charge in [0.2, 0.25) is 0 Å². The number of carbonyl (C=O) groups is 2. The van der Waals surface area contributed by atoms with Crippen molar-refractivity contribution in [2.75, 3.05) is 21.3 Å². The molecule has 5 aliphatic rings. The Hall–Kier alpha value is -1.62. The van der Waals surface area contributed by atoms with E-state index in [1.807, 2.05) is 0 Å². The molecule has 0 aliphatic carbocycles. The molecule has 0 aromatic rings. The molecule has 0 unspecified atom stereocenters. The lowest BCUT2D eigenvalue weighted by atomic mass is 9.97. The van der Waals surface area contributed by atoms with E-state index in [4.69, 9.17) is 61.6 Å². The number of aliphatic hydroxyl groups is 3. The Balaban J connectivity index is 1.13. The summed E-state index contributed by atoms with van der Waals surface area (Å²) in [7, 11) is 4.43. The molecular formula is C35H58O18. The van der Waals surface area contributed by atoms with Crippen molar-refractivity contribution in [3.8, 4) is 0 Å². The number of carbonyl (C=O) groups excluding carboxylic acids is 2. The number of hydrogen-bond donors (Lipinski definition) is 3. The van der Waals surface area contributed by atoms with E-state index in [2.05, 4.69) is 0 Å². The summed E-state index contributed by atoms with van der Waals surface area (Å²) in [6, 6.07) is 0. The number of ether oxygens (including phenoxy) is 13. The minimum Gasteiger partial charge on any atom is -0.460 e. The number of cyclic esters (lactones) is 1. The Bertz CT molecular complexity index is 1170. The van der Waals surface area contributed by atoms with E-state index in [-0.39, 0.29) is 31.7 Å². The molecule has 18 nitrogen and oxygen atoms in total. The summed E-state index contributed by atoms with van der Waals surface area (Å²) in [5.74, 6) is -0.958. The van der Waals surface area contributed by atoms with Crippen LogP contribution in [0.1, 0.15) is 67.2 Å². The fraction of sp³-hybridized carbons (Fsp3) is 0.943. The van der Waals surface area contributed by atoms with Crippen molar-refractivity contribution < 1.29 is 86.5 Å². The van der Waals surface area contributed by atoms with Crippen LogP contribution in [-0.4, -0.2) is 171 Å². The molecule has 0 amide bonds. The summed E-state index contributed by atoms with van der Waals surface area (Å²) < 4.78 is 76.6. The Labute approximate surface area is 309 Å². The van der Waals surface area contributed by atoms with Gasteiger partial charge in [-0.2, -0.15) is 0 Å². The monoisotopic (exact) mass is 766 g/mol. The average Bonchev–Trinajstić information content (AvgIpc) is 3.08. The van der Waals surface area contributed by atoms with Crippen molar-refractivity contribution in [2.45, 2.75) is 190 Å². The Kier molecular flexibility index (Phi) is 14.9. The molecule has 3 N–H and O–H groups in total. The van der Waals surface area contributed by atoms with Crippen LogP contribution in [0.4, 0.5) is 0 Å². The second kappa shape index (κ2) is 18.5. The van der Waals surface area contributed by atoms with Gasteiger partial charge in [-0.15, -0.1) is 0 Å². The number of rotatable bonds is 12. The van der Waals surface area contributed by atoms with Gasteiger partial charge in [0.05, 0.1) is 55.3 Å². The van der Waals surface area contributed by atoms with Crippen molar-refractivity contribution in [2.24, 2.45) is 0 Å². The number of aliphatic hydroxyl groups excluding tert-OH is 3. The summed E-state index contributed by atoms with van der Waals surface area (Å²) in [5, 5.41) is 32.9. The average molecular weight is 767 g/mol. The molecular weight excluding hydrogens is 708 g/mol. The molecule has 0 aromatic heterocycles. The zero-order chi connectivity index (χ0) is 38.7. The normalized spacial score (nSPS) is 48.2. The highest BCUT2D eigenvalue weighted by atomic mass is 16.8. The third-order valence-corrected chi connectivity index (χ3v) is 10.6. The molecule has 18 heteroatoms. The van der Waals surface area contributed by atoms with Gasteiger partial charge in [0, 0.05) is 47.5 Å². The van der Waals surface area contributed by atoms with Crippen molar-refractivity contribution in [1.82, 2.24) is 0 Å². The van der Waals surface area contributed by atoms with Crippen LogP contribution in [0.5, 0.6) is 0 Å². The molecule has 306 valence electrons. The zero-order valence-corrected chi connectivity index (χ0v) is 31.8. The van der Waals surface area contributed by atoms with Crippen LogP contribution in [0.3, 0.4) is 0 Å². The Morgan fingerprint density at radius 2 is 1.08 bits per heavy atom. The van der Waals surface area contributed by atoms with E-state index < -0.39 is 129 Å². The van der Waals surface area contributed by atoms with Gasteiger partial charge >= 0.3 is 11.9 Å². The first-order valence-electron chi connectivity index (χ1n) is 18.4. The van der Waals surface area contributed by atoms with Crippen LogP contribution >= 0.6 is 0 Å². The highest BCUT2D eigenvalue weighted by Gasteiger charge is 2.51. The minimum absolute atomic E-state index is 0.0499. The van der Waals surface area contributed by atoms with Crippen molar-refractivity contribution in [3.63, 3.8) is 0 Å². The maximum absolute atomic E-state index is 11.9. The highest BCUT2D eigenvalue weighted by Crippen LogP contribution is 2.35. The van der Waals surface area contributed by atoms with Crippen molar-refractivity contribution >= 4 is 11.9 Å².